The van der Waals surface area contributed by atoms with Crippen molar-refractivity contribution in [3.05, 3.63) is 41.6 Å². The standard InChI is InChI=1S/C20H23N3O.2ClH/c24-20(23-10-9-14-7-8-15(12-23)21-14)17-11-19(13-5-6-13)22-18-4-2-1-3-16(17)18;;/h1-4,11,13-15,21H,5-10,12H2;2*1H. The van der Waals surface area contributed by atoms with Crippen LogP contribution in [0.1, 0.15) is 54.1 Å². The zero-order valence-corrected chi connectivity index (χ0v) is 16.3. The van der Waals surface area contributed by atoms with Gasteiger partial charge in [0.25, 0.3) is 5.91 Å². The van der Waals surface area contributed by atoms with E-state index in [0.717, 1.165) is 41.7 Å². The van der Waals surface area contributed by atoms with E-state index in [4.69, 9.17) is 4.98 Å². The van der Waals surface area contributed by atoms with Gasteiger partial charge in [-0.3, -0.25) is 9.78 Å². The van der Waals surface area contributed by atoms with E-state index in [2.05, 4.69) is 16.3 Å². The van der Waals surface area contributed by atoms with Crippen LogP contribution in [-0.2, 0) is 0 Å². The summed E-state index contributed by atoms with van der Waals surface area (Å²) in [4.78, 5) is 20.2. The maximum atomic E-state index is 13.3. The quantitative estimate of drug-likeness (QED) is 0.840. The second-order valence-corrected chi connectivity index (χ2v) is 7.56. The van der Waals surface area contributed by atoms with E-state index in [9.17, 15) is 4.79 Å². The molecule has 3 aliphatic rings. The summed E-state index contributed by atoms with van der Waals surface area (Å²) in [6.45, 7) is 1.70. The van der Waals surface area contributed by atoms with Gasteiger partial charge in [0, 0.05) is 42.2 Å². The molecule has 2 aromatic rings. The number of para-hydroxylation sites is 1. The number of halogens is 2. The van der Waals surface area contributed by atoms with Gasteiger partial charge in [-0.15, -0.1) is 24.8 Å². The van der Waals surface area contributed by atoms with Crippen LogP contribution in [0.5, 0.6) is 0 Å². The van der Waals surface area contributed by atoms with Crippen molar-refractivity contribution in [1.82, 2.24) is 15.2 Å². The van der Waals surface area contributed by atoms with E-state index in [-0.39, 0.29) is 30.7 Å². The minimum atomic E-state index is 0. The van der Waals surface area contributed by atoms with Crippen LogP contribution in [0.15, 0.2) is 30.3 Å². The summed E-state index contributed by atoms with van der Waals surface area (Å²) >= 11 is 0. The second kappa shape index (κ2) is 7.71. The van der Waals surface area contributed by atoms with Crippen LogP contribution in [0.25, 0.3) is 10.9 Å². The molecule has 4 nitrogen and oxygen atoms in total. The van der Waals surface area contributed by atoms with Crippen molar-refractivity contribution in [2.45, 2.75) is 50.1 Å². The van der Waals surface area contributed by atoms with Crippen LogP contribution in [0.3, 0.4) is 0 Å². The van der Waals surface area contributed by atoms with Crippen LogP contribution in [0.4, 0.5) is 0 Å². The van der Waals surface area contributed by atoms with E-state index >= 15 is 0 Å². The molecule has 1 amide bonds. The van der Waals surface area contributed by atoms with Gasteiger partial charge >= 0.3 is 0 Å². The second-order valence-electron chi connectivity index (χ2n) is 7.56. The van der Waals surface area contributed by atoms with Crippen molar-refractivity contribution in [1.29, 1.82) is 0 Å². The number of nitrogens with zero attached hydrogens (tertiary/aromatic N) is 2. The number of rotatable bonds is 2. The summed E-state index contributed by atoms with van der Waals surface area (Å²) in [6, 6.07) is 11.2. The monoisotopic (exact) mass is 393 g/mol. The summed E-state index contributed by atoms with van der Waals surface area (Å²) in [5.74, 6) is 0.743. The predicted molar refractivity (Wildman–Crippen MR) is 109 cm³/mol. The molecule has 0 spiro atoms. The maximum Gasteiger partial charge on any atom is 0.254 e. The molecule has 2 atom stereocenters. The Hall–Kier alpha value is -1.36. The van der Waals surface area contributed by atoms with Crippen LogP contribution in [0, 0.1) is 0 Å². The van der Waals surface area contributed by atoms with Gasteiger partial charge in [0.05, 0.1) is 11.1 Å². The lowest BCUT2D eigenvalue weighted by molar-refractivity contribution is 0.0750. The first-order valence-electron chi connectivity index (χ1n) is 9.23. The molecule has 1 saturated carbocycles. The highest BCUT2D eigenvalue weighted by molar-refractivity contribution is 6.06. The molecular formula is C20H25Cl2N3O. The Morgan fingerprint density at radius 2 is 1.81 bits per heavy atom. The number of fused-ring (bicyclic) bond motifs is 3. The summed E-state index contributed by atoms with van der Waals surface area (Å²) < 4.78 is 0. The largest absolute Gasteiger partial charge is 0.337 e. The summed E-state index contributed by atoms with van der Waals surface area (Å²) in [6.07, 6.45) is 5.93. The van der Waals surface area contributed by atoms with Gasteiger partial charge < -0.3 is 10.2 Å². The zero-order chi connectivity index (χ0) is 16.1. The Balaban J connectivity index is 0.000000980. The zero-order valence-electron chi connectivity index (χ0n) is 14.7. The maximum absolute atomic E-state index is 13.3. The van der Waals surface area contributed by atoms with Crippen molar-refractivity contribution in [3.8, 4) is 0 Å². The number of carbonyl (C=O) groups is 1. The number of amides is 1. The molecular weight excluding hydrogens is 369 g/mol. The molecule has 2 aliphatic heterocycles. The molecule has 26 heavy (non-hydrogen) atoms. The number of nitrogens with one attached hydrogen (secondary N) is 1. The van der Waals surface area contributed by atoms with Crippen LogP contribution in [-0.4, -0.2) is 41.0 Å². The molecule has 5 rings (SSSR count). The van der Waals surface area contributed by atoms with Gasteiger partial charge in [-0.1, -0.05) is 18.2 Å². The normalized spacial score (nSPS) is 24.5. The van der Waals surface area contributed by atoms with Gasteiger partial charge in [-0.05, 0) is 44.2 Å². The minimum absolute atomic E-state index is 0. The Kier molecular flexibility index (Phi) is 5.75. The average molecular weight is 394 g/mol. The fourth-order valence-electron chi connectivity index (χ4n) is 4.26. The fourth-order valence-corrected chi connectivity index (χ4v) is 4.26. The van der Waals surface area contributed by atoms with Crippen molar-refractivity contribution < 1.29 is 4.79 Å². The molecule has 1 aromatic carbocycles. The van der Waals surface area contributed by atoms with E-state index < -0.39 is 0 Å². The first-order chi connectivity index (χ1) is 11.8. The highest BCUT2D eigenvalue weighted by Gasteiger charge is 2.33. The average Bonchev–Trinajstić information content (AvgIpc) is 3.38. The summed E-state index contributed by atoms with van der Waals surface area (Å²) in [5.41, 5.74) is 2.91. The SMILES string of the molecule is Cl.Cl.O=C(c1cc(C2CC2)nc2ccccc12)N1CCC2CCC(C1)N2. The van der Waals surface area contributed by atoms with Crippen LogP contribution >= 0.6 is 24.8 Å². The molecule has 3 heterocycles. The van der Waals surface area contributed by atoms with Gasteiger partial charge in [0.2, 0.25) is 0 Å². The van der Waals surface area contributed by atoms with Crippen LogP contribution < -0.4 is 5.32 Å². The Morgan fingerprint density at radius 3 is 2.62 bits per heavy atom. The van der Waals surface area contributed by atoms with E-state index in [0.29, 0.717) is 18.0 Å². The molecule has 6 heteroatoms. The van der Waals surface area contributed by atoms with E-state index in [1.54, 1.807) is 0 Å². The predicted octanol–water partition coefficient (Wildman–Crippen LogP) is 3.92. The molecule has 2 saturated heterocycles. The topological polar surface area (TPSA) is 45.2 Å². The van der Waals surface area contributed by atoms with Crippen molar-refractivity contribution in [3.63, 3.8) is 0 Å². The number of likely N-dealkylation sites (tertiary alicyclic amines) is 1. The number of hydrogen-bond acceptors (Lipinski definition) is 3. The highest BCUT2D eigenvalue weighted by atomic mass is 35.5. The fraction of sp³-hybridized carbons (Fsp3) is 0.500. The number of benzene rings is 1. The van der Waals surface area contributed by atoms with Gasteiger partial charge in [0.1, 0.15) is 0 Å². The molecule has 1 aromatic heterocycles. The van der Waals surface area contributed by atoms with Crippen molar-refractivity contribution in [2.75, 3.05) is 13.1 Å². The summed E-state index contributed by atoms with van der Waals surface area (Å²) in [7, 11) is 0. The highest BCUT2D eigenvalue weighted by Crippen LogP contribution is 2.40. The number of aromatic nitrogens is 1. The van der Waals surface area contributed by atoms with Gasteiger partial charge in [-0.2, -0.15) is 0 Å². The number of hydrogen-bond donors (Lipinski definition) is 1. The number of pyridine rings is 1. The van der Waals surface area contributed by atoms with Crippen molar-refractivity contribution >= 4 is 41.6 Å². The molecule has 0 radical (unpaired) electrons. The lowest BCUT2D eigenvalue weighted by Crippen LogP contribution is -2.39. The minimum Gasteiger partial charge on any atom is -0.337 e. The third-order valence-electron chi connectivity index (χ3n) is 5.77. The van der Waals surface area contributed by atoms with E-state index in [1.807, 2.05) is 24.3 Å². The molecule has 2 unspecified atom stereocenters. The third kappa shape index (κ3) is 3.55. The first kappa shape index (κ1) is 19.4. The molecule has 3 fully saturated rings. The lowest BCUT2D eigenvalue weighted by Gasteiger charge is -2.25. The Bertz CT molecular complexity index is 809. The van der Waals surface area contributed by atoms with Gasteiger partial charge in [-0.25, -0.2) is 0 Å². The molecule has 2 bridgehead atoms. The van der Waals surface area contributed by atoms with Crippen LogP contribution in [0.2, 0.25) is 0 Å². The third-order valence-corrected chi connectivity index (χ3v) is 5.77. The lowest BCUT2D eigenvalue weighted by atomic mass is 10.0. The smallest absolute Gasteiger partial charge is 0.254 e. The summed E-state index contributed by atoms with van der Waals surface area (Å²) in [5, 5.41) is 4.65. The molecule has 1 aliphatic carbocycles. The number of carbonyl (C=O) groups excluding carboxylic acids is 1. The molecule has 140 valence electrons. The van der Waals surface area contributed by atoms with Crippen molar-refractivity contribution in [2.24, 2.45) is 0 Å². The molecule has 1 N–H and O–H groups in total. The van der Waals surface area contributed by atoms with Gasteiger partial charge in [0.15, 0.2) is 0 Å². The Morgan fingerprint density at radius 1 is 1.04 bits per heavy atom. The first-order valence-corrected chi connectivity index (χ1v) is 9.23. The van der Waals surface area contributed by atoms with E-state index in [1.165, 1.54) is 25.7 Å². The Labute approximate surface area is 166 Å².